The van der Waals surface area contributed by atoms with Crippen LogP contribution in [0.4, 0.5) is 0 Å². The van der Waals surface area contributed by atoms with Crippen molar-refractivity contribution >= 4 is 15.9 Å². The van der Waals surface area contributed by atoms with Crippen LogP contribution in [0.2, 0.25) is 0 Å². The van der Waals surface area contributed by atoms with Gasteiger partial charge in [-0.3, -0.25) is 9.48 Å². The molecule has 0 aliphatic carbocycles. The van der Waals surface area contributed by atoms with Gasteiger partial charge in [0.2, 0.25) is 10.0 Å². The third kappa shape index (κ3) is 3.52. The number of nitrogens with two attached hydrogens (primary N) is 1. The first kappa shape index (κ1) is 16.2. The number of aryl methyl sites for hydroxylation is 2. The predicted molar refractivity (Wildman–Crippen MR) is 81.6 cm³/mol. The van der Waals surface area contributed by atoms with Crippen LogP contribution in [-0.2, 0) is 17.1 Å². The molecule has 0 aliphatic heterocycles. The van der Waals surface area contributed by atoms with Gasteiger partial charge >= 0.3 is 0 Å². The van der Waals surface area contributed by atoms with Gasteiger partial charge in [0.15, 0.2) is 0 Å². The van der Waals surface area contributed by atoms with Crippen molar-refractivity contribution in [2.45, 2.75) is 24.8 Å². The molecule has 0 aliphatic rings. The number of sulfonamides is 1. The highest BCUT2D eigenvalue weighted by Crippen LogP contribution is 2.17. The molecule has 0 saturated heterocycles. The van der Waals surface area contributed by atoms with Gasteiger partial charge in [-0.1, -0.05) is 12.1 Å². The van der Waals surface area contributed by atoms with Crippen molar-refractivity contribution in [3.63, 3.8) is 0 Å². The second kappa shape index (κ2) is 5.90. The third-order valence-corrected chi connectivity index (χ3v) is 4.18. The Labute approximate surface area is 129 Å². The molecule has 0 fully saturated rings. The Morgan fingerprint density at radius 3 is 2.59 bits per heavy atom. The summed E-state index contributed by atoms with van der Waals surface area (Å²) in [5.74, 6) is -0.281. The molecular weight excluding hydrogens is 304 g/mol. The summed E-state index contributed by atoms with van der Waals surface area (Å²) in [5.41, 5.74) is 1.84. The number of aromatic nitrogens is 2. The molecule has 22 heavy (non-hydrogen) atoms. The van der Waals surface area contributed by atoms with Gasteiger partial charge in [-0.15, -0.1) is 0 Å². The molecule has 2 rings (SSSR count). The minimum atomic E-state index is -3.77. The molecule has 0 radical (unpaired) electrons. The van der Waals surface area contributed by atoms with E-state index in [9.17, 15) is 13.2 Å². The summed E-state index contributed by atoms with van der Waals surface area (Å²) in [6.07, 6.45) is 0. The van der Waals surface area contributed by atoms with Crippen LogP contribution in [0.25, 0.3) is 0 Å². The molecule has 8 heteroatoms. The van der Waals surface area contributed by atoms with Crippen molar-refractivity contribution in [1.82, 2.24) is 15.1 Å². The number of nitrogens with one attached hydrogen (secondary N) is 1. The van der Waals surface area contributed by atoms with E-state index >= 15 is 0 Å². The largest absolute Gasteiger partial charge is 0.344 e. The van der Waals surface area contributed by atoms with Gasteiger partial charge in [0.25, 0.3) is 5.91 Å². The van der Waals surface area contributed by atoms with Gasteiger partial charge in [-0.25, -0.2) is 13.6 Å². The molecule has 1 atom stereocenters. The molecule has 1 amide bonds. The van der Waals surface area contributed by atoms with Crippen LogP contribution in [0.3, 0.4) is 0 Å². The average molecular weight is 322 g/mol. The molecule has 2 aromatic rings. The van der Waals surface area contributed by atoms with Gasteiger partial charge in [-0.05, 0) is 37.6 Å². The van der Waals surface area contributed by atoms with Gasteiger partial charge < -0.3 is 5.32 Å². The smallest absolute Gasteiger partial charge is 0.270 e. The maximum absolute atomic E-state index is 12.2. The summed E-state index contributed by atoms with van der Waals surface area (Å²) in [4.78, 5) is 12.2. The lowest BCUT2D eigenvalue weighted by molar-refractivity contribution is 0.0930. The van der Waals surface area contributed by atoms with E-state index < -0.39 is 10.0 Å². The van der Waals surface area contributed by atoms with E-state index in [1.165, 1.54) is 16.8 Å². The average Bonchev–Trinajstić information content (AvgIpc) is 2.77. The predicted octanol–water partition coefficient (Wildman–Crippen LogP) is 0.867. The van der Waals surface area contributed by atoms with E-state index in [-0.39, 0.29) is 16.8 Å². The zero-order valence-corrected chi connectivity index (χ0v) is 13.4. The fourth-order valence-corrected chi connectivity index (χ4v) is 2.71. The Morgan fingerprint density at radius 1 is 1.36 bits per heavy atom. The molecule has 1 aromatic carbocycles. The monoisotopic (exact) mass is 322 g/mol. The van der Waals surface area contributed by atoms with Gasteiger partial charge in [0.05, 0.1) is 16.6 Å². The number of rotatable bonds is 4. The summed E-state index contributed by atoms with van der Waals surface area (Å²) in [6.45, 7) is 3.57. The standard InChI is InChI=1S/C14H18N4O3S/c1-9-7-13(18(3)17-9)14(19)16-10(2)11-5-4-6-12(8-11)22(15,20)21/h4-8,10H,1-3H3,(H,16,19)(H2,15,20,21). The van der Waals surface area contributed by atoms with E-state index in [4.69, 9.17) is 5.14 Å². The fraction of sp³-hybridized carbons (Fsp3) is 0.286. The maximum atomic E-state index is 12.2. The maximum Gasteiger partial charge on any atom is 0.270 e. The summed E-state index contributed by atoms with van der Waals surface area (Å²) in [5, 5.41) is 12.0. The SMILES string of the molecule is Cc1cc(C(=O)NC(C)c2cccc(S(N)(=O)=O)c2)n(C)n1. The molecule has 0 bridgehead atoms. The molecule has 7 nitrogen and oxygen atoms in total. The Bertz CT molecular complexity index is 811. The lowest BCUT2D eigenvalue weighted by Crippen LogP contribution is -2.28. The summed E-state index contributed by atoms with van der Waals surface area (Å²) in [7, 11) is -2.08. The zero-order chi connectivity index (χ0) is 16.5. The van der Waals surface area contributed by atoms with Crippen molar-refractivity contribution in [1.29, 1.82) is 0 Å². The van der Waals surface area contributed by atoms with Crippen LogP contribution >= 0.6 is 0 Å². The van der Waals surface area contributed by atoms with Crippen LogP contribution in [-0.4, -0.2) is 24.1 Å². The quantitative estimate of drug-likeness (QED) is 0.870. The zero-order valence-electron chi connectivity index (χ0n) is 12.6. The highest BCUT2D eigenvalue weighted by molar-refractivity contribution is 7.89. The van der Waals surface area contributed by atoms with Crippen LogP contribution in [0.1, 0.15) is 34.7 Å². The minimum absolute atomic E-state index is 0.0162. The van der Waals surface area contributed by atoms with E-state index in [1.54, 1.807) is 39.1 Å². The summed E-state index contributed by atoms with van der Waals surface area (Å²) in [6, 6.07) is 7.50. The molecule has 0 saturated carbocycles. The topological polar surface area (TPSA) is 107 Å². The Morgan fingerprint density at radius 2 is 2.05 bits per heavy atom. The van der Waals surface area contributed by atoms with Crippen molar-refractivity contribution in [2.75, 3.05) is 0 Å². The second-order valence-electron chi connectivity index (χ2n) is 5.11. The number of hydrogen-bond donors (Lipinski definition) is 2. The third-order valence-electron chi connectivity index (χ3n) is 3.27. The summed E-state index contributed by atoms with van der Waals surface area (Å²) < 4.78 is 24.3. The van der Waals surface area contributed by atoms with E-state index in [0.717, 1.165) is 5.69 Å². The van der Waals surface area contributed by atoms with Crippen LogP contribution < -0.4 is 10.5 Å². The molecule has 1 unspecified atom stereocenters. The first-order chi connectivity index (χ1) is 10.2. The van der Waals surface area contributed by atoms with Gasteiger partial charge in [0, 0.05) is 7.05 Å². The molecule has 118 valence electrons. The van der Waals surface area contributed by atoms with Crippen molar-refractivity contribution in [2.24, 2.45) is 12.2 Å². The Balaban J connectivity index is 2.21. The van der Waals surface area contributed by atoms with Crippen LogP contribution in [0.5, 0.6) is 0 Å². The number of amides is 1. The number of primary sulfonamides is 1. The number of carbonyl (C=O) groups is 1. The first-order valence-corrected chi connectivity index (χ1v) is 8.17. The van der Waals surface area contributed by atoms with Gasteiger partial charge in [0.1, 0.15) is 5.69 Å². The highest BCUT2D eigenvalue weighted by atomic mass is 32.2. The molecule has 0 spiro atoms. The van der Waals surface area contributed by atoms with Crippen molar-refractivity contribution in [3.05, 3.63) is 47.3 Å². The minimum Gasteiger partial charge on any atom is -0.344 e. The number of carbonyl (C=O) groups excluding carboxylic acids is 1. The first-order valence-electron chi connectivity index (χ1n) is 6.63. The van der Waals surface area contributed by atoms with Crippen molar-refractivity contribution < 1.29 is 13.2 Å². The Hall–Kier alpha value is -2.19. The molecule has 3 N–H and O–H groups in total. The van der Waals surface area contributed by atoms with Crippen LogP contribution in [0, 0.1) is 6.92 Å². The lowest BCUT2D eigenvalue weighted by Gasteiger charge is -2.15. The second-order valence-corrected chi connectivity index (χ2v) is 6.67. The van der Waals surface area contributed by atoms with E-state index in [2.05, 4.69) is 10.4 Å². The fourth-order valence-electron chi connectivity index (χ4n) is 2.14. The highest BCUT2D eigenvalue weighted by Gasteiger charge is 2.17. The van der Waals surface area contributed by atoms with E-state index in [0.29, 0.717) is 11.3 Å². The summed E-state index contributed by atoms with van der Waals surface area (Å²) >= 11 is 0. The number of benzene rings is 1. The molecule has 1 heterocycles. The number of hydrogen-bond acceptors (Lipinski definition) is 4. The van der Waals surface area contributed by atoms with Gasteiger partial charge in [-0.2, -0.15) is 5.10 Å². The van der Waals surface area contributed by atoms with Crippen LogP contribution in [0.15, 0.2) is 35.2 Å². The van der Waals surface area contributed by atoms with Crippen molar-refractivity contribution in [3.8, 4) is 0 Å². The molecular formula is C14H18N4O3S. The van der Waals surface area contributed by atoms with E-state index in [1.807, 2.05) is 0 Å². The lowest BCUT2D eigenvalue weighted by atomic mass is 10.1. The normalized spacial score (nSPS) is 12.9. The molecule has 1 aromatic heterocycles. The number of nitrogens with zero attached hydrogens (tertiary/aromatic N) is 2. The Kier molecular flexibility index (Phi) is 4.34.